The Labute approximate surface area is 107 Å². The fourth-order valence-electron chi connectivity index (χ4n) is 3.92. The van der Waals surface area contributed by atoms with Gasteiger partial charge in [0, 0.05) is 0 Å². The summed E-state index contributed by atoms with van der Waals surface area (Å²) in [5.41, 5.74) is 3.03. The van der Waals surface area contributed by atoms with Crippen LogP contribution in [-0.2, 0) is 9.59 Å². The molecule has 0 saturated carbocycles. The molecule has 4 nitrogen and oxygen atoms in total. The fourth-order valence-corrected chi connectivity index (χ4v) is 3.92. The lowest BCUT2D eigenvalue weighted by molar-refractivity contribution is -0.140. The quantitative estimate of drug-likeness (QED) is 0.307. The summed E-state index contributed by atoms with van der Waals surface area (Å²) in [6.07, 6.45) is 4.95. The molecule has 18 heavy (non-hydrogen) atoms. The number of amides is 2. The van der Waals surface area contributed by atoms with Gasteiger partial charge in [-0.2, -0.15) is 0 Å². The van der Waals surface area contributed by atoms with Gasteiger partial charge >= 0.3 is 0 Å². The average molecular weight is 248 g/mol. The number of hydrogen-bond donors (Lipinski definition) is 1. The first-order valence-electron chi connectivity index (χ1n) is 6.76. The molecule has 3 aliphatic rings. The molecule has 3 rings (SSSR count). The second kappa shape index (κ2) is 3.67. The highest BCUT2D eigenvalue weighted by molar-refractivity contribution is 6.04. The topological polar surface area (TPSA) is 63.4 Å². The van der Waals surface area contributed by atoms with Gasteiger partial charge in [-0.25, -0.2) is 10.9 Å². The Morgan fingerprint density at radius 3 is 2.44 bits per heavy atom. The monoisotopic (exact) mass is 248 g/mol. The summed E-state index contributed by atoms with van der Waals surface area (Å²) in [6.45, 7) is 4.51. The molecule has 0 bridgehead atoms. The Hall–Kier alpha value is -1.16. The number of fused-ring (bicyclic) bond motifs is 1. The summed E-state index contributed by atoms with van der Waals surface area (Å²) in [5, 5.41) is 0.848. The lowest BCUT2D eigenvalue weighted by Crippen LogP contribution is -2.37. The van der Waals surface area contributed by atoms with Crippen LogP contribution in [-0.4, -0.2) is 16.8 Å². The number of hydrogen-bond acceptors (Lipinski definition) is 3. The van der Waals surface area contributed by atoms with Crippen LogP contribution < -0.4 is 5.84 Å². The van der Waals surface area contributed by atoms with Crippen LogP contribution >= 0.6 is 0 Å². The third-order valence-electron chi connectivity index (χ3n) is 5.01. The van der Waals surface area contributed by atoms with E-state index in [0.717, 1.165) is 24.3 Å². The van der Waals surface area contributed by atoms with Gasteiger partial charge in [-0.05, 0) is 37.5 Å². The number of rotatable bonds is 0. The summed E-state index contributed by atoms with van der Waals surface area (Å²) in [6, 6.07) is 0. The SMILES string of the molecule is CC1(C)CCCC2=C1C[C@H]1C(=O)N(N)C(=O)[C@H]1C2. The van der Waals surface area contributed by atoms with E-state index in [2.05, 4.69) is 13.8 Å². The van der Waals surface area contributed by atoms with Gasteiger partial charge in [0.15, 0.2) is 0 Å². The largest absolute Gasteiger partial charge is 0.273 e. The second-order valence-electron chi connectivity index (χ2n) is 6.49. The van der Waals surface area contributed by atoms with E-state index in [-0.39, 0.29) is 29.1 Å². The van der Waals surface area contributed by atoms with Gasteiger partial charge in [-0.3, -0.25) is 9.59 Å². The maximum atomic E-state index is 12.0. The zero-order chi connectivity index (χ0) is 13.1. The van der Waals surface area contributed by atoms with Gasteiger partial charge in [0.2, 0.25) is 11.8 Å². The minimum absolute atomic E-state index is 0.181. The Balaban J connectivity index is 1.98. The first-order chi connectivity index (χ1) is 8.42. The minimum atomic E-state index is -0.196. The Bertz CT molecular complexity index is 464. The van der Waals surface area contributed by atoms with Crippen molar-refractivity contribution >= 4 is 11.8 Å². The molecule has 0 unspecified atom stereocenters. The van der Waals surface area contributed by atoms with Crippen molar-refractivity contribution in [3.63, 3.8) is 0 Å². The van der Waals surface area contributed by atoms with Crippen molar-refractivity contribution in [2.24, 2.45) is 23.1 Å². The lowest BCUT2D eigenvalue weighted by Gasteiger charge is -2.40. The molecule has 2 N–H and O–H groups in total. The molecule has 0 aromatic carbocycles. The third-order valence-corrected chi connectivity index (χ3v) is 5.01. The molecule has 0 radical (unpaired) electrons. The molecular weight excluding hydrogens is 228 g/mol. The molecule has 1 aliphatic heterocycles. The smallest absolute Gasteiger partial charge is 0.247 e. The van der Waals surface area contributed by atoms with Crippen molar-refractivity contribution < 1.29 is 9.59 Å². The maximum Gasteiger partial charge on any atom is 0.247 e. The fraction of sp³-hybridized carbons (Fsp3) is 0.714. The van der Waals surface area contributed by atoms with Crippen LogP contribution in [0.2, 0.25) is 0 Å². The molecule has 0 aromatic rings. The number of allylic oxidation sites excluding steroid dienone is 2. The zero-order valence-corrected chi connectivity index (χ0v) is 11.0. The molecule has 2 amide bonds. The van der Waals surface area contributed by atoms with Crippen LogP contribution in [0.4, 0.5) is 0 Å². The van der Waals surface area contributed by atoms with Gasteiger partial charge in [0.05, 0.1) is 11.8 Å². The Morgan fingerprint density at radius 1 is 1.17 bits per heavy atom. The van der Waals surface area contributed by atoms with Gasteiger partial charge < -0.3 is 0 Å². The molecule has 1 saturated heterocycles. The maximum absolute atomic E-state index is 12.0. The van der Waals surface area contributed by atoms with E-state index in [9.17, 15) is 9.59 Å². The molecule has 98 valence electrons. The summed E-state index contributed by atoms with van der Waals surface area (Å²) in [4.78, 5) is 23.9. The predicted octanol–water partition coefficient (Wildman–Crippen LogP) is 1.76. The number of carbonyl (C=O) groups excluding carboxylic acids is 2. The summed E-state index contributed by atoms with van der Waals surface area (Å²) < 4.78 is 0. The number of imide groups is 1. The highest BCUT2D eigenvalue weighted by atomic mass is 16.2. The van der Waals surface area contributed by atoms with E-state index < -0.39 is 0 Å². The highest BCUT2D eigenvalue weighted by Crippen LogP contribution is 2.51. The summed E-state index contributed by atoms with van der Waals surface area (Å²) in [5.74, 6) is 4.81. The normalized spacial score (nSPS) is 34.7. The predicted molar refractivity (Wildman–Crippen MR) is 66.9 cm³/mol. The highest BCUT2D eigenvalue weighted by Gasteiger charge is 2.51. The molecular formula is C14H20N2O2. The van der Waals surface area contributed by atoms with Crippen LogP contribution in [0.1, 0.15) is 46.0 Å². The molecule has 2 atom stereocenters. The van der Waals surface area contributed by atoms with Gasteiger partial charge in [0.1, 0.15) is 0 Å². The van der Waals surface area contributed by atoms with Crippen molar-refractivity contribution in [3.8, 4) is 0 Å². The lowest BCUT2D eigenvalue weighted by atomic mass is 9.63. The van der Waals surface area contributed by atoms with E-state index in [4.69, 9.17) is 5.84 Å². The number of carbonyl (C=O) groups is 2. The number of nitrogens with zero attached hydrogens (tertiary/aromatic N) is 1. The van der Waals surface area contributed by atoms with E-state index in [1.54, 1.807) is 0 Å². The molecule has 0 spiro atoms. The van der Waals surface area contributed by atoms with Crippen molar-refractivity contribution in [3.05, 3.63) is 11.1 Å². The standard InChI is InChI=1S/C14H20N2O2/c1-14(2)5-3-4-8-6-9-10(7-11(8)14)13(18)16(15)12(9)17/h9-10H,3-7,15H2,1-2H3/t9-,10+/m0/s1. The molecule has 4 heteroatoms. The van der Waals surface area contributed by atoms with Crippen LogP contribution in [0.15, 0.2) is 11.1 Å². The number of nitrogens with two attached hydrogens (primary N) is 1. The van der Waals surface area contributed by atoms with E-state index in [1.807, 2.05) is 0 Å². The van der Waals surface area contributed by atoms with E-state index >= 15 is 0 Å². The van der Waals surface area contributed by atoms with Gasteiger partial charge in [0.25, 0.3) is 0 Å². The van der Waals surface area contributed by atoms with Crippen molar-refractivity contribution in [1.82, 2.24) is 5.01 Å². The minimum Gasteiger partial charge on any atom is -0.273 e. The molecule has 0 aromatic heterocycles. The molecule has 1 fully saturated rings. The summed E-state index contributed by atoms with van der Waals surface area (Å²) in [7, 11) is 0. The first-order valence-corrected chi connectivity index (χ1v) is 6.76. The average Bonchev–Trinajstić information content (AvgIpc) is 2.53. The molecule has 1 heterocycles. The van der Waals surface area contributed by atoms with E-state index in [1.165, 1.54) is 24.0 Å². The van der Waals surface area contributed by atoms with Gasteiger partial charge in [-0.15, -0.1) is 0 Å². The van der Waals surface area contributed by atoms with Crippen LogP contribution in [0.3, 0.4) is 0 Å². The van der Waals surface area contributed by atoms with Gasteiger partial charge in [-0.1, -0.05) is 25.0 Å². The van der Waals surface area contributed by atoms with Crippen LogP contribution in [0, 0.1) is 17.3 Å². The van der Waals surface area contributed by atoms with Crippen molar-refractivity contribution in [2.75, 3.05) is 0 Å². The zero-order valence-electron chi connectivity index (χ0n) is 11.0. The second-order valence-corrected chi connectivity index (χ2v) is 6.49. The van der Waals surface area contributed by atoms with Crippen LogP contribution in [0.5, 0.6) is 0 Å². The Morgan fingerprint density at radius 2 is 1.78 bits per heavy atom. The third kappa shape index (κ3) is 1.48. The summed E-state index contributed by atoms with van der Waals surface area (Å²) >= 11 is 0. The number of hydrazine groups is 1. The van der Waals surface area contributed by atoms with Crippen molar-refractivity contribution in [1.29, 1.82) is 0 Å². The first kappa shape index (κ1) is 11.9. The van der Waals surface area contributed by atoms with Crippen molar-refractivity contribution in [2.45, 2.75) is 46.0 Å². The van der Waals surface area contributed by atoms with Crippen LogP contribution in [0.25, 0.3) is 0 Å². The molecule has 2 aliphatic carbocycles. The Kier molecular flexibility index (Phi) is 2.43. The van der Waals surface area contributed by atoms with E-state index in [0.29, 0.717) is 0 Å².